The Balaban J connectivity index is 1.45. The number of nitrogens with zero attached hydrogens (tertiary/aromatic N) is 4. The number of hydrogen-bond acceptors (Lipinski definition) is 4. The van der Waals surface area contributed by atoms with Crippen molar-refractivity contribution in [2.45, 2.75) is 38.6 Å². The first-order valence-electron chi connectivity index (χ1n) is 8.61. The highest BCUT2D eigenvalue weighted by atomic mass is 16.5. The van der Waals surface area contributed by atoms with E-state index in [4.69, 9.17) is 4.74 Å². The molecule has 0 saturated carbocycles. The van der Waals surface area contributed by atoms with E-state index >= 15 is 0 Å². The van der Waals surface area contributed by atoms with Gasteiger partial charge < -0.3 is 9.64 Å². The number of ether oxygens (including phenoxy) is 1. The van der Waals surface area contributed by atoms with Crippen molar-refractivity contribution in [2.75, 3.05) is 19.7 Å². The second kappa shape index (κ2) is 7.95. The van der Waals surface area contributed by atoms with Crippen LogP contribution in [0.3, 0.4) is 0 Å². The molecule has 0 spiro atoms. The number of carbonyl (C=O) groups is 1. The summed E-state index contributed by atoms with van der Waals surface area (Å²) in [7, 11) is 0. The molecule has 1 amide bonds. The van der Waals surface area contributed by atoms with Gasteiger partial charge in [0.1, 0.15) is 5.75 Å². The molecule has 0 radical (unpaired) electrons. The van der Waals surface area contributed by atoms with E-state index in [1.54, 1.807) is 6.20 Å². The van der Waals surface area contributed by atoms with E-state index in [1.165, 1.54) is 5.56 Å². The van der Waals surface area contributed by atoms with Gasteiger partial charge in [-0.3, -0.25) is 4.79 Å². The topological polar surface area (TPSA) is 60.2 Å². The Morgan fingerprint density at radius 3 is 2.88 bits per heavy atom. The van der Waals surface area contributed by atoms with Crippen LogP contribution in [0.5, 0.6) is 5.75 Å². The molecule has 0 bridgehead atoms. The minimum Gasteiger partial charge on any atom is -0.494 e. The molecule has 1 aliphatic rings. The molecule has 24 heavy (non-hydrogen) atoms. The van der Waals surface area contributed by atoms with Gasteiger partial charge in [0, 0.05) is 25.7 Å². The maximum Gasteiger partial charge on any atom is 0.222 e. The van der Waals surface area contributed by atoms with Crippen LogP contribution in [0, 0.1) is 0 Å². The van der Waals surface area contributed by atoms with Crippen LogP contribution in [0.4, 0.5) is 0 Å². The molecule has 1 atom stereocenters. The highest BCUT2D eigenvalue weighted by Gasteiger charge is 2.27. The van der Waals surface area contributed by atoms with Gasteiger partial charge in [-0.25, -0.2) is 4.68 Å². The van der Waals surface area contributed by atoms with E-state index in [1.807, 2.05) is 40.0 Å². The molecule has 1 fully saturated rings. The number of carbonyl (C=O) groups excluding carboxylic acids is 1. The van der Waals surface area contributed by atoms with Crippen molar-refractivity contribution in [1.29, 1.82) is 0 Å². The Morgan fingerprint density at radius 2 is 2.17 bits per heavy atom. The van der Waals surface area contributed by atoms with Crippen LogP contribution in [0.1, 0.15) is 37.8 Å². The van der Waals surface area contributed by atoms with Crippen LogP contribution in [0.2, 0.25) is 0 Å². The van der Waals surface area contributed by atoms with Crippen LogP contribution in [-0.2, 0) is 11.2 Å². The first kappa shape index (κ1) is 16.5. The monoisotopic (exact) mass is 328 g/mol. The van der Waals surface area contributed by atoms with Crippen LogP contribution in [0.15, 0.2) is 36.7 Å². The lowest BCUT2D eigenvalue weighted by Crippen LogP contribution is -2.29. The molecule has 6 nitrogen and oxygen atoms in total. The fourth-order valence-electron chi connectivity index (χ4n) is 2.98. The molecule has 2 heterocycles. The van der Waals surface area contributed by atoms with E-state index < -0.39 is 0 Å². The number of hydrogen-bond donors (Lipinski definition) is 0. The molecule has 0 N–H and O–H groups in total. The molecule has 2 aromatic rings. The normalized spacial score (nSPS) is 17.2. The largest absolute Gasteiger partial charge is 0.494 e. The Bertz CT molecular complexity index is 640. The molecule has 1 aromatic carbocycles. The summed E-state index contributed by atoms with van der Waals surface area (Å²) in [6.07, 6.45) is 6.79. The summed E-state index contributed by atoms with van der Waals surface area (Å²) in [5.74, 6) is 1.10. The highest BCUT2D eigenvalue weighted by Crippen LogP contribution is 2.21. The number of likely N-dealkylation sites (tertiary alicyclic amines) is 1. The summed E-state index contributed by atoms with van der Waals surface area (Å²) in [4.78, 5) is 14.3. The zero-order valence-corrected chi connectivity index (χ0v) is 14.1. The maximum atomic E-state index is 12.4. The minimum atomic E-state index is 0.212. The summed E-state index contributed by atoms with van der Waals surface area (Å²) in [5, 5.41) is 7.87. The quantitative estimate of drug-likeness (QED) is 0.783. The molecule has 1 aliphatic heterocycles. The summed E-state index contributed by atoms with van der Waals surface area (Å²) in [6, 6.07) is 8.30. The lowest BCUT2D eigenvalue weighted by Gasteiger charge is -2.16. The summed E-state index contributed by atoms with van der Waals surface area (Å²) < 4.78 is 7.43. The van der Waals surface area contributed by atoms with Gasteiger partial charge in [-0.1, -0.05) is 24.3 Å². The van der Waals surface area contributed by atoms with E-state index in [0.717, 1.165) is 44.7 Å². The standard InChI is InChI=1S/C18H24N4O2/c1-2-13-24-17-6-3-15(4-7-17)5-8-18(23)21-11-9-16(14-21)22-12-10-19-20-22/h3-4,6-7,10,12,16H,2,5,8-9,11,13-14H2,1H3. The number of amides is 1. The second-order valence-corrected chi connectivity index (χ2v) is 6.16. The first-order chi connectivity index (χ1) is 11.8. The molecule has 128 valence electrons. The zero-order chi connectivity index (χ0) is 16.8. The second-order valence-electron chi connectivity index (χ2n) is 6.16. The van der Waals surface area contributed by atoms with Crippen molar-refractivity contribution in [3.63, 3.8) is 0 Å². The van der Waals surface area contributed by atoms with Crippen LogP contribution in [0.25, 0.3) is 0 Å². The lowest BCUT2D eigenvalue weighted by molar-refractivity contribution is -0.130. The van der Waals surface area contributed by atoms with Crippen molar-refractivity contribution in [3.05, 3.63) is 42.2 Å². The third kappa shape index (κ3) is 4.13. The molecule has 0 aliphatic carbocycles. The summed E-state index contributed by atoms with van der Waals surface area (Å²) >= 11 is 0. The molecular weight excluding hydrogens is 304 g/mol. The number of benzene rings is 1. The molecular formula is C18H24N4O2. The Hall–Kier alpha value is -2.37. The van der Waals surface area contributed by atoms with Crippen LogP contribution in [-0.4, -0.2) is 45.5 Å². The summed E-state index contributed by atoms with van der Waals surface area (Å²) in [6.45, 7) is 4.35. The van der Waals surface area contributed by atoms with Gasteiger partial charge >= 0.3 is 0 Å². The summed E-state index contributed by atoms with van der Waals surface area (Å²) in [5.41, 5.74) is 1.17. The molecule has 1 saturated heterocycles. The average Bonchev–Trinajstić information content (AvgIpc) is 3.29. The SMILES string of the molecule is CCCOc1ccc(CCC(=O)N2CCC(n3ccnn3)C2)cc1. The van der Waals surface area contributed by atoms with Crippen LogP contribution >= 0.6 is 0 Å². The van der Waals surface area contributed by atoms with E-state index in [0.29, 0.717) is 6.42 Å². The third-order valence-electron chi connectivity index (χ3n) is 4.35. The van der Waals surface area contributed by atoms with Crippen molar-refractivity contribution < 1.29 is 9.53 Å². The van der Waals surface area contributed by atoms with E-state index in [9.17, 15) is 4.79 Å². The predicted molar refractivity (Wildman–Crippen MR) is 90.8 cm³/mol. The Kier molecular flexibility index (Phi) is 5.46. The van der Waals surface area contributed by atoms with Crippen molar-refractivity contribution in [2.24, 2.45) is 0 Å². The smallest absolute Gasteiger partial charge is 0.222 e. The van der Waals surface area contributed by atoms with Gasteiger partial charge in [0.05, 0.1) is 18.8 Å². The third-order valence-corrected chi connectivity index (χ3v) is 4.35. The van der Waals surface area contributed by atoms with Gasteiger partial charge in [0.2, 0.25) is 5.91 Å². The number of aryl methyl sites for hydroxylation is 1. The van der Waals surface area contributed by atoms with Crippen LogP contribution < -0.4 is 4.74 Å². The van der Waals surface area contributed by atoms with Crippen molar-refractivity contribution >= 4 is 5.91 Å². The van der Waals surface area contributed by atoms with Gasteiger partial charge in [0.15, 0.2) is 0 Å². The fraction of sp³-hybridized carbons (Fsp3) is 0.500. The predicted octanol–water partition coefficient (Wildman–Crippen LogP) is 2.47. The maximum absolute atomic E-state index is 12.4. The van der Waals surface area contributed by atoms with Crippen molar-refractivity contribution in [1.82, 2.24) is 19.9 Å². The van der Waals surface area contributed by atoms with Gasteiger partial charge in [0.25, 0.3) is 0 Å². The molecule has 1 aromatic heterocycles. The molecule has 3 rings (SSSR count). The fourth-order valence-corrected chi connectivity index (χ4v) is 2.98. The van der Waals surface area contributed by atoms with E-state index in [2.05, 4.69) is 17.2 Å². The Labute approximate surface area is 142 Å². The van der Waals surface area contributed by atoms with Gasteiger partial charge in [-0.05, 0) is 37.0 Å². The lowest BCUT2D eigenvalue weighted by atomic mass is 10.1. The van der Waals surface area contributed by atoms with Crippen molar-refractivity contribution in [3.8, 4) is 5.75 Å². The minimum absolute atomic E-state index is 0.212. The first-order valence-corrected chi connectivity index (χ1v) is 8.61. The average molecular weight is 328 g/mol. The zero-order valence-electron chi connectivity index (χ0n) is 14.1. The van der Waals surface area contributed by atoms with E-state index in [-0.39, 0.29) is 11.9 Å². The molecule has 6 heteroatoms. The molecule has 1 unspecified atom stereocenters. The number of aromatic nitrogens is 3. The van der Waals surface area contributed by atoms with Gasteiger partial charge in [-0.15, -0.1) is 5.10 Å². The Morgan fingerprint density at radius 1 is 1.33 bits per heavy atom. The highest BCUT2D eigenvalue weighted by molar-refractivity contribution is 5.76. The van der Waals surface area contributed by atoms with Gasteiger partial charge in [-0.2, -0.15) is 0 Å². The number of rotatable bonds is 7.